The van der Waals surface area contributed by atoms with Crippen LogP contribution in [0.2, 0.25) is 0 Å². The van der Waals surface area contributed by atoms with E-state index in [0.29, 0.717) is 52.1 Å². The number of hydrogen-bond acceptors (Lipinski definition) is 11. The second-order valence-electron chi connectivity index (χ2n) is 16.0. The fraction of sp³-hybridized carbons (Fsp3) is 0.933. The summed E-state index contributed by atoms with van der Waals surface area (Å²) in [6.07, 6.45) is 25.1. The van der Waals surface area contributed by atoms with Crippen molar-refractivity contribution in [3.63, 3.8) is 0 Å². The summed E-state index contributed by atoms with van der Waals surface area (Å²) in [5, 5.41) is 10.8. The maximum absolute atomic E-state index is 12.4. The van der Waals surface area contributed by atoms with Crippen LogP contribution >= 0.6 is 0 Å². The highest BCUT2D eigenvalue weighted by atomic mass is 16.7. The van der Waals surface area contributed by atoms with Gasteiger partial charge in [0.15, 0.2) is 6.29 Å². The SMILES string of the molecule is CCCCCCCC(=O)OCCCCCCCCCOC1[C@H](O)O[C@H](COC(=O)CCCN(C)C)[C@@H]1OCCCCCCCCCOC(=O)CCCCCCC. The number of ether oxygens (including phenoxy) is 6. The first-order chi connectivity index (χ1) is 27.3. The van der Waals surface area contributed by atoms with Crippen LogP contribution in [0.3, 0.4) is 0 Å². The molecule has 1 fully saturated rings. The van der Waals surface area contributed by atoms with Crippen LogP contribution in [-0.2, 0) is 42.8 Å². The van der Waals surface area contributed by atoms with E-state index < -0.39 is 24.6 Å². The standard InChI is InChI=1S/C45H85NO10/c1-5-7-9-17-23-30-40(47)51-34-25-19-13-11-15-21-27-36-53-43-39(38-55-42(49)32-29-33-46(3)4)56-45(50)44(43)54-37-28-22-16-12-14-20-26-35-52-41(48)31-24-18-10-8-6-2/h39,43-45,50H,5-38H2,1-4H3/t39-,43+,44?,45-/m1/s1. The Bertz CT molecular complexity index is 935. The fourth-order valence-electron chi connectivity index (χ4n) is 6.89. The molecular weight excluding hydrogens is 714 g/mol. The van der Waals surface area contributed by atoms with E-state index in [4.69, 9.17) is 28.4 Å². The number of aliphatic hydroxyl groups excluding tert-OH is 1. The van der Waals surface area contributed by atoms with E-state index in [1.165, 1.54) is 38.5 Å². The van der Waals surface area contributed by atoms with E-state index in [9.17, 15) is 19.5 Å². The second kappa shape index (κ2) is 37.5. The lowest BCUT2D eigenvalue weighted by molar-refractivity contribution is -0.161. The summed E-state index contributed by atoms with van der Waals surface area (Å²) in [6, 6.07) is 0. The molecule has 0 amide bonds. The molecule has 0 saturated carbocycles. The summed E-state index contributed by atoms with van der Waals surface area (Å²) < 4.78 is 34.5. The minimum atomic E-state index is -1.14. The van der Waals surface area contributed by atoms with Gasteiger partial charge in [-0.2, -0.15) is 0 Å². The Labute approximate surface area is 342 Å². The molecule has 330 valence electrons. The normalized spacial score (nSPS) is 18.1. The van der Waals surface area contributed by atoms with E-state index in [0.717, 1.165) is 122 Å². The predicted molar refractivity (Wildman–Crippen MR) is 222 cm³/mol. The average Bonchev–Trinajstić information content (AvgIpc) is 3.47. The average molecular weight is 800 g/mol. The van der Waals surface area contributed by atoms with Gasteiger partial charge in [0.05, 0.1) is 13.2 Å². The Hall–Kier alpha value is -1.79. The third-order valence-electron chi connectivity index (χ3n) is 10.4. The van der Waals surface area contributed by atoms with Crippen LogP contribution in [0.5, 0.6) is 0 Å². The first-order valence-electron chi connectivity index (χ1n) is 23.0. The molecule has 0 bridgehead atoms. The Balaban J connectivity index is 2.28. The van der Waals surface area contributed by atoms with Gasteiger partial charge in [0.1, 0.15) is 24.9 Å². The molecule has 0 aromatic carbocycles. The molecule has 1 N–H and O–H groups in total. The van der Waals surface area contributed by atoms with Crippen LogP contribution in [0, 0.1) is 0 Å². The van der Waals surface area contributed by atoms with Crippen LogP contribution in [0.1, 0.15) is 194 Å². The molecule has 1 unspecified atom stereocenters. The maximum atomic E-state index is 12.4. The lowest BCUT2D eigenvalue weighted by atomic mass is 10.1. The van der Waals surface area contributed by atoms with Crippen molar-refractivity contribution in [1.29, 1.82) is 0 Å². The van der Waals surface area contributed by atoms with Gasteiger partial charge in [0.2, 0.25) is 0 Å². The van der Waals surface area contributed by atoms with Crippen LogP contribution < -0.4 is 0 Å². The molecule has 1 saturated heterocycles. The molecule has 4 atom stereocenters. The van der Waals surface area contributed by atoms with E-state index in [-0.39, 0.29) is 24.5 Å². The third kappa shape index (κ3) is 30.3. The minimum Gasteiger partial charge on any atom is -0.466 e. The van der Waals surface area contributed by atoms with Gasteiger partial charge in [-0.3, -0.25) is 14.4 Å². The summed E-state index contributed by atoms with van der Waals surface area (Å²) in [7, 11) is 3.95. The van der Waals surface area contributed by atoms with Crippen molar-refractivity contribution in [2.24, 2.45) is 0 Å². The summed E-state index contributed by atoms with van der Waals surface area (Å²) in [5.41, 5.74) is 0. The number of hydrogen-bond donors (Lipinski definition) is 1. The Morgan fingerprint density at radius 1 is 0.482 bits per heavy atom. The molecule has 1 aliphatic rings. The monoisotopic (exact) mass is 800 g/mol. The number of carbonyl (C=O) groups excluding carboxylic acids is 3. The van der Waals surface area contributed by atoms with Crippen molar-refractivity contribution in [2.75, 3.05) is 53.7 Å². The smallest absolute Gasteiger partial charge is 0.305 e. The zero-order valence-corrected chi connectivity index (χ0v) is 36.4. The summed E-state index contributed by atoms with van der Waals surface area (Å²) in [4.78, 5) is 38.1. The van der Waals surface area contributed by atoms with Gasteiger partial charge in [-0.05, 0) is 65.6 Å². The van der Waals surface area contributed by atoms with E-state index >= 15 is 0 Å². The predicted octanol–water partition coefficient (Wildman–Crippen LogP) is 9.63. The van der Waals surface area contributed by atoms with Crippen LogP contribution in [0.25, 0.3) is 0 Å². The summed E-state index contributed by atoms with van der Waals surface area (Å²) in [5.74, 6) is -0.403. The molecule has 0 radical (unpaired) electrons. The molecule has 11 nitrogen and oxygen atoms in total. The Kier molecular flexibility index (Phi) is 35.0. The number of nitrogens with zero attached hydrogens (tertiary/aromatic N) is 1. The molecule has 1 rings (SSSR count). The molecule has 0 aromatic rings. The highest BCUT2D eigenvalue weighted by Gasteiger charge is 2.46. The number of unbranched alkanes of at least 4 members (excludes halogenated alkanes) is 20. The van der Waals surface area contributed by atoms with Crippen molar-refractivity contribution in [3.05, 3.63) is 0 Å². The molecule has 0 aromatic heterocycles. The van der Waals surface area contributed by atoms with Gasteiger partial charge in [0.25, 0.3) is 0 Å². The number of rotatable bonds is 40. The van der Waals surface area contributed by atoms with Gasteiger partial charge in [-0.25, -0.2) is 0 Å². The van der Waals surface area contributed by atoms with Crippen LogP contribution in [0.4, 0.5) is 0 Å². The molecule has 1 heterocycles. The Morgan fingerprint density at radius 2 is 0.857 bits per heavy atom. The van der Waals surface area contributed by atoms with E-state index in [1.807, 2.05) is 19.0 Å². The third-order valence-corrected chi connectivity index (χ3v) is 10.4. The van der Waals surface area contributed by atoms with Crippen molar-refractivity contribution in [1.82, 2.24) is 4.90 Å². The molecule has 0 aliphatic carbocycles. The highest BCUT2D eigenvalue weighted by molar-refractivity contribution is 5.69. The summed E-state index contributed by atoms with van der Waals surface area (Å²) >= 11 is 0. The van der Waals surface area contributed by atoms with Gasteiger partial charge in [-0.1, -0.05) is 129 Å². The number of aliphatic hydroxyl groups is 1. The number of esters is 3. The fourth-order valence-corrected chi connectivity index (χ4v) is 6.89. The molecule has 1 aliphatic heterocycles. The molecular formula is C45H85NO10. The van der Waals surface area contributed by atoms with Crippen molar-refractivity contribution in [2.45, 2.75) is 218 Å². The first-order valence-corrected chi connectivity index (χ1v) is 23.0. The zero-order valence-electron chi connectivity index (χ0n) is 36.4. The topological polar surface area (TPSA) is 130 Å². The molecule has 11 heteroatoms. The lowest BCUT2D eigenvalue weighted by Gasteiger charge is -2.24. The van der Waals surface area contributed by atoms with E-state index in [1.54, 1.807) is 0 Å². The van der Waals surface area contributed by atoms with Gasteiger partial charge < -0.3 is 38.4 Å². The number of carbonyl (C=O) groups is 3. The zero-order chi connectivity index (χ0) is 40.9. The van der Waals surface area contributed by atoms with Crippen molar-refractivity contribution >= 4 is 17.9 Å². The summed E-state index contributed by atoms with van der Waals surface area (Å²) in [6.45, 7) is 7.26. The maximum Gasteiger partial charge on any atom is 0.305 e. The lowest BCUT2D eigenvalue weighted by Crippen LogP contribution is -2.40. The van der Waals surface area contributed by atoms with Gasteiger partial charge in [0, 0.05) is 32.5 Å². The molecule has 56 heavy (non-hydrogen) atoms. The van der Waals surface area contributed by atoms with Crippen LogP contribution in [-0.4, -0.2) is 106 Å². The highest BCUT2D eigenvalue weighted by Crippen LogP contribution is 2.27. The van der Waals surface area contributed by atoms with Crippen LogP contribution in [0.15, 0.2) is 0 Å². The van der Waals surface area contributed by atoms with Crippen molar-refractivity contribution in [3.8, 4) is 0 Å². The first kappa shape index (κ1) is 52.2. The van der Waals surface area contributed by atoms with Gasteiger partial charge >= 0.3 is 17.9 Å². The second-order valence-corrected chi connectivity index (χ2v) is 16.0. The van der Waals surface area contributed by atoms with Gasteiger partial charge in [-0.15, -0.1) is 0 Å². The quantitative estimate of drug-likeness (QED) is 0.0361. The van der Waals surface area contributed by atoms with E-state index in [2.05, 4.69) is 13.8 Å². The molecule has 0 spiro atoms. The minimum absolute atomic E-state index is 0.0227. The largest absolute Gasteiger partial charge is 0.466 e. The van der Waals surface area contributed by atoms with Crippen molar-refractivity contribution < 1.29 is 47.9 Å². The Morgan fingerprint density at radius 3 is 1.32 bits per heavy atom.